The summed E-state index contributed by atoms with van der Waals surface area (Å²) < 4.78 is 25.3. The Balaban J connectivity index is 3.11. The Morgan fingerprint density at radius 1 is 1.38 bits per heavy atom. The molecule has 0 aliphatic rings. The van der Waals surface area contributed by atoms with Gasteiger partial charge in [-0.3, -0.25) is 4.72 Å². The molecule has 0 saturated carbocycles. The highest BCUT2D eigenvalue weighted by Gasteiger charge is 2.29. The molecule has 0 spiro atoms. The highest BCUT2D eigenvalue weighted by atomic mass is 35.5. The minimum absolute atomic E-state index is 0.151. The van der Waals surface area contributed by atoms with E-state index in [1.165, 1.54) is 0 Å². The maximum absolute atomic E-state index is 11.9. The van der Waals surface area contributed by atoms with Crippen molar-refractivity contribution in [3.8, 4) is 0 Å². The first-order chi connectivity index (χ1) is 7.13. The number of sulfonamides is 1. The molecule has 4 nitrogen and oxygen atoms in total. The van der Waals surface area contributed by atoms with Gasteiger partial charge in [-0.05, 0) is 39.3 Å². The third kappa shape index (κ3) is 2.86. The second kappa shape index (κ2) is 4.22. The molecule has 0 unspecified atom stereocenters. The molecule has 1 heterocycles. The summed E-state index contributed by atoms with van der Waals surface area (Å²) in [6.07, 6.45) is 1.58. The van der Waals surface area contributed by atoms with E-state index in [0.29, 0.717) is 5.69 Å². The Morgan fingerprint density at radius 3 is 2.44 bits per heavy atom. The van der Waals surface area contributed by atoms with Crippen LogP contribution in [-0.2, 0) is 10.0 Å². The van der Waals surface area contributed by atoms with E-state index in [4.69, 9.17) is 11.6 Å². The lowest BCUT2D eigenvalue weighted by molar-refractivity contribution is 0.566. The summed E-state index contributed by atoms with van der Waals surface area (Å²) >= 11 is 5.81. The molecule has 0 atom stereocenters. The largest absolute Gasteiger partial charge is 0.280 e. The first-order valence-electron chi connectivity index (χ1n) is 4.78. The van der Waals surface area contributed by atoms with Crippen LogP contribution in [-0.4, -0.2) is 18.1 Å². The van der Waals surface area contributed by atoms with Crippen LogP contribution in [0.1, 0.15) is 26.3 Å². The van der Waals surface area contributed by atoms with Gasteiger partial charge in [0.25, 0.3) is 0 Å². The van der Waals surface area contributed by atoms with Crippen molar-refractivity contribution in [3.63, 3.8) is 0 Å². The van der Waals surface area contributed by atoms with Crippen LogP contribution in [0.3, 0.4) is 0 Å². The van der Waals surface area contributed by atoms with E-state index in [2.05, 4.69) is 9.71 Å². The summed E-state index contributed by atoms with van der Waals surface area (Å²) in [7, 11) is -3.46. The lowest BCUT2D eigenvalue weighted by Crippen LogP contribution is -2.33. The number of nitrogens with zero attached hydrogens (tertiary/aromatic N) is 1. The van der Waals surface area contributed by atoms with Crippen LogP contribution in [0.25, 0.3) is 0 Å². The third-order valence-electron chi connectivity index (χ3n) is 2.03. The zero-order valence-electron chi connectivity index (χ0n) is 9.70. The van der Waals surface area contributed by atoms with Crippen molar-refractivity contribution < 1.29 is 8.42 Å². The van der Waals surface area contributed by atoms with Crippen LogP contribution in [0.2, 0.25) is 5.15 Å². The highest BCUT2D eigenvalue weighted by molar-refractivity contribution is 7.94. The van der Waals surface area contributed by atoms with Gasteiger partial charge in [-0.2, -0.15) is 0 Å². The smallest absolute Gasteiger partial charge is 0.237 e. The number of nitrogens with one attached hydrogen (secondary N) is 1. The molecule has 0 aliphatic carbocycles. The van der Waals surface area contributed by atoms with Crippen LogP contribution < -0.4 is 4.72 Å². The Labute approximate surface area is 101 Å². The highest BCUT2D eigenvalue weighted by Crippen LogP contribution is 2.24. The fourth-order valence-corrected chi connectivity index (χ4v) is 1.88. The number of rotatable bonds is 2. The summed E-state index contributed by atoms with van der Waals surface area (Å²) in [6.45, 7) is 6.67. The molecular weight excluding hydrogens is 248 g/mol. The van der Waals surface area contributed by atoms with Crippen LogP contribution in [0.5, 0.6) is 0 Å². The van der Waals surface area contributed by atoms with Gasteiger partial charge in [0.2, 0.25) is 10.0 Å². The molecule has 1 rings (SSSR count). The number of pyridine rings is 1. The average Bonchev–Trinajstić information content (AvgIpc) is 2.09. The fraction of sp³-hybridized carbons (Fsp3) is 0.500. The molecule has 90 valence electrons. The standard InChI is InChI=1S/C10H15ClN2O2S/c1-7-5-8(9(11)12-6-7)13-16(14,15)10(2,3)4/h5-6,13H,1-4H3. The van der Waals surface area contributed by atoms with Gasteiger partial charge in [-0.25, -0.2) is 13.4 Å². The van der Waals surface area contributed by atoms with Crippen molar-refractivity contribution in [3.05, 3.63) is 23.0 Å². The predicted octanol–water partition coefficient (Wildman–Crippen LogP) is 2.58. The maximum atomic E-state index is 11.9. The van der Waals surface area contributed by atoms with Gasteiger partial charge < -0.3 is 0 Å². The molecule has 0 bridgehead atoms. The Kier molecular flexibility index (Phi) is 3.50. The first-order valence-corrected chi connectivity index (χ1v) is 6.64. The number of aromatic nitrogens is 1. The molecule has 1 aromatic heterocycles. The van der Waals surface area contributed by atoms with Gasteiger partial charge >= 0.3 is 0 Å². The molecule has 1 N–H and O–H groups in total. The zero-order valence-corrected chi connectivity index (χ0v) is 11.3. The molecule has 0 amide bonds. The second-order valence-electron chi connectivity index (χ2n) is 4.57. The Morgan fingerprint density at radius 2 is 1.94 bits per heavy atom. The first kappa shape index (κ1) is 13.3. The summed E-state index contributed by atoms with van der Waals surface area (Å²) in [5.74, 6) is 0. The number of hydrogen-bond acceptors (Lipinski definition) is 3. The van der Waals surface area contributed by atoms with E-state index < -0.39 is 14.8 Å². The van der Waals surface area contributed by atoms with Crippen LogP contribution in [0.15, 0.2) is 12.3 Å². The summed E-state index contributed by atoms with van der Waals surface area (Å²) in [5, 5.41) is 0.151. The minimum atomic E-state index is -3.46. The molecule has 0 saturated heterocycles. The van der Waals surface area contributed by atoms with Gasteiger partial charge in [0.05, 0.1) is 10.4 Å². The number of hydrogen-bond donors (Lipinski definition) is 1. The number of aryl methyl sites for hydroxylation is 1. The van der Waals surface area contributed by atoms with Crippen molar-refractivity contribution in [2.45, 2.75) is 32.4 Å². The Hall–Kier alpha value is -0.810. The molecule has 1 aromatic rings. The number of halogens is 1. The van der Waals surface area contributed by atoms with E-state index in [-0.39, 0.29) is 5.15 Å². The van der Waals surface area contributed by atoms with E-state index in [0.717, 1.165) is 5.56 Å². The third-order valence-corrected chi connectivity index (χ3v) is 4.43. The van der Waals surface area contributed by atoms with Gasteiger partial charge in [0, 0.05) is 6.20 Å². The molecule has 0 fully saturated rings. The second-order valence-corrected chi connectivity index (χ2v) is 7.36. The van der Waals surface area contributed by atoms with Gasteiger partial charge in [-0.15, -0.1) is 0 Å². The Bertz CT molecular complexity index is 492. The van der Waals surface area contributed by atoms with E-state index in [1.807, 2.05) is 6.92 Å². The van der Waals surface area contributed by atoms with E-state index in [1.54, 1.807) is 33.0 Å². The van der Waals surface area contributed by atoms with Gasteiger partial charge in [0.1, 0.15) is 0 Å². The van der Waals surface area contributed by atoms with Crippen LogP contribution in [0.4, 0.5) is 5.69 Å². The monoisotopic (exact) mass is 262 g/mol. The molecule has 16 heavy (non-hydrogen) atoms. The molecular formula is C10H15ClN2O2S. The minimum Gasteiger partial charge on any atom is -0.280 e. The summed E-state index contributed by atoms with van der Waals surface area (Å²) in [6, 6.07) is 1.65. The lowest BCUT2D eigenvalue weighted by atomic mass is 10.3. The molecule has 6 heteroatoms. The predicted molar refractivity (Wildman–Crippen MR) is 66.3 cm³/mol. The number of anilines is 1. The van der Waals surface area contributed by atoms with Crippen molar-refractivity contribution in [1.29, 1.82) is 0 Å². The normalized spacial score (nSPS) is 12.6. The van der Waals surface area contributed by atoms with Crippen molar-refractivity contribution >= 4 is 27.3 Å². The quantitative estimate of drug-likeness (QED) is 0.834. The SMILES string of the molecule is Cc1cnc(Cl)c(NS(=O)(=O)C(C)(C)C)c1. The summed E-state index contributed by atoms with van der Waals surface area (Å²) in [4.78, 5) is 3.88. The molecule has 0 aliphatic heterocycles. The van der Waals surface area contributed by atoms with Gasteiger partial charge in [0.15, 0.2) is 5.15 Å². The van der Waals surface area contributed by atoms with E-state index in [9.17, 15) is 8.42 Å². The van der Waals surface area contributed by atoms with Gasteiger partial charge in [-0.1, -0.05) is 11.6 Å². The average molecular weight is 263 g/mol. The lowest BCUT2D eigenvalue weighted by Gasteiger charge is -2.20. The maximum Gasteiger partial charge on any atom is 0.237 e. The van der Waals surface area contributed by atoms with E-state index >= 15 is 0 Å². The fourth-order valence-electron chi connectivity index (χ4n) is 0.922. The zero-order chi connectivity index (χ0) is 12.6. The molecule has 0 radical (unpaired) electrons. The van der Waals surface area contributed by atoms with Crippen LogP contribution in [0, 0.1) is 6.92 Å². The van der Waals surface area contributed by atoms with Crippen LogP contribution >= 0.6 is 11.6 Å². The van der Waals surface area contributed by atoms with Crippen molar-refractivity contribution in [1.82, 2.24) is 4.98 Å². The topological polar surface area (TPSA) is 59.1 Å². The van der Waals surface area contributed by atoms with Crippen molar-refractivity contribution in [2.75, 3.05) is 4.72 Å². The van der Waals surface area contributed by atoms with Crippen molar-refractivity contribution in [2.24, 2.45) is 0 Å². The molecule has 0 aromatic carbocycles. The summed E-state index contributed by atoms with van der Waals surface area (Å²) in [5.41, 5.74) is 1.16.